The maximum absolute atomic E-state index is 13.1. The van der Waals surface area contributed by atoms with E-state index < -0.39 is 6.43 Å². The van der Waals surface area contributed by atoms with Gasteiger partial charge < -0.3 is 0 Å². The molecule has 0 saturated carbocycles. The highest BCUT2D eigenvalue weighted by atomic mass is 35.5. The Morgan fingerprint density at radius 3 is 2.05 bits per heavy atom. The van der Waals surface area contributed by atoms with Crippen molar-refractivity contribution in [3.63, 3.8) is 0 Å². The Morgan fingerprint density at radius 2 is 1.42 bits per heavy atom. The first kappa shape index (κ1) is 14.9. The number of rotatable bonds is 2. The summed E-state index contributed by atoms with van der Waals surface area (Å²) in [6.07, 6.45) is -2.74. The Morgan fingerprint density at radius 1 is 0.789 bits per heavy atom. The smallest absolute Gasteiger partial charge is 0.205 e. The standard InChI is InChI=1S/C13H6Cl4F2/c14-7-3-1-2-6(11(7)13(18)19)10-8(15)4-5-9(16)12(10)17/h1-5,13H. The molecule has 0 aliphatic carbocycles. The largest absolute Gasteiger partial charge is 0.265 e. The van der Waals surface area contributed by atoms with Gasteiger partial charge in [-0.15, -0.1) is 0 Å². The first-order chi connectivity index (χ1) is 8.93. The molecule has 2 rings (SSSR count). The van der Waals surface area contributed by atoms with Gasteiger partial charge in [-0.1, -0.05) is 58.5 Å². The summed E-state index contributed by atoms with van der Waals surface area (Å²) in [6.45, 7) is 0. The second-order valence-electron chi connectivity index (χ2n) is 3.72. The van der Waals surface area contributed by atoms with E-state index >= 15 is 0 Å². The molecule has 0 amide bonds. The molecular weight excluding hydrogens is 336 g/mol. The van der Waals surface area contributed by atoms with E-state index in [4.69, 9.17) is 46.4 Å². The summed E-state index contributed by atoms with van der Waals surface area (Å²) in [7, 11) is 0. The van der Waals surface area contributed by atoms with Gasteiger partial charge in [0.15, 0.2) is 0 Å². The van der Waals surface area contributed by atoms with Gasteiger partial charge in [0.2, 0.25) is 0 Å². The molecule has 0 atom stereocenters. The van der Waals surface area contributed by atoms with Crippen LogP contribution >= 0.6 is 46.4 Å². The number of halogens is 6. The van der Waals surface area contributed by atoms with E-state index in [-0.39, 0.29) is 36.8 Å². The van der Waals surface area contributed by atoms with E-state index in [1.54, 1.807) is 6.07 Å². The summed E-state index contributed by atoms with van der Waals surface area (Å²) >= 11 is 23.8. The zero-order valence-electron chi connectivity index (χ0n) is 9.23. The lowest BCUT2D eigenvalue weighted by Gasteiger charge is -2.14. The van der Waals surface area contributed by atoms with Crippen molar-refractivity contribution in [1.82, 2.24) is 0 Å². The van der Waals surface area contributed by atoms with Gasteiger partial charge in [-0.25, -0.2) is 8.78 Å². The van der Waals surface area contributed by atoms with Crippen LogP contribution in [0.3, 0.4) is 0 Å². The Balaban J connectivity index is 2.80. The minimum Gasteiger partial charge on any atom is -0.205 e. The zero-order valence-corrected chi connectivity index (χ0v) is 12.3. The fourth-order valence-corrected chi connectivity index (χ4v) is 2.74. The van der Waals surface area contributed by atoms with Crippen LogP contribution in [0.2, 0.25) is 20.1 Å². The molecule has 0 nitrogen and oxygen atoms in total. The number of benzene rings is 2. The van der Waals surface area contributed by atoms with E-state index in [1.165, 1.54) is 24.3 Å². The minimum atomic E-state index is -2.74. The predicted octanol–water partition coefficient (Wildman–Crippen LogP) is 6.90. The summed E-state index contributed by atoms with van der Waals surface area (Å²) in [5.41, 5.74) is 0.129. The van der Waals surface area contributed by atoms with Crippen LogP contribution in [0.25, 0.3) is 11.1 Å². The summed E-state index contributed by atoms with van der Waals surface area (Å²) in [4.78, 5) is 0. The normalized spacial score (nSPS) is 11.1. The quantitative estimate of drug-likeness (QED) is 0.521. The molecule has 0 heterocycles. The Kier molecular flexibility index (Phi) is 4.57. The van der Waals surface area contributed by atoms with Crippen molar-refractivity contribution in [2.45, 2.75) is 6.43 Å². The molecule has 2 aromatic rings. The van der Waals surface area contributed by atoms with Gasteiger partial charge in [0.25, 0.3) is 6.43 Å². The molecule has 0 fully saturated rings. The van der Waals surface area contributed by atoms with Gasteiger partial charge >= 0.3 is 0 Å². The van der Waals surface area contributed by atoms with Gasteiger partial charge in [-0.3, -0.25) is 0 Å². The minimum absolute atomic E-state index is 0.0420. The third-order valence-corrected chi connectivity index (χ3v) is 4.03. The van der Waals surface area contributed by atoms with Crippen molar-refractivity contribution in [3.05, 3.63) is 56.0 Å². The van der Waals surface area contributed by atoms with Crippen LogP contribution in [-0.4, -0.2) is 0 Å². The van der Waals surface area contributed by atoms with Crippen LogP contribution in [0.4, 0.5) is 8.78 Å². The second kappa shape index (κ2) is 5.84. The molecule has 2 aromatic carbocycles. The van der Waals surface area contributed by atoms with Crippen LogP contribution in [0.5, 0.6) is 0 Å². The van der Waals surface area contributed by atoms with Crippen molar-refractivity contribution in [3.8, 4) is 11.1 Å². The summed E-state index contributed by atoms with van der Waals surface area (Å²) in [5, 5.41) is 0.553. The summed E-state index contributed by atoms with van der Waals surface area (Å²) in [6, 6.07) is 7.43. The Bertz CT molecular complexity index is 626. The molecule has 0 N–H and O–H groups in total. The molecule has 0 aliphatic heterocycles. The highest BCUT2D eigenvalue weighted by molar-refractivity contribution is 6.46. The highest BCUT2D eigenvalue weighted by Gasteiger charge is 2.22. The lowest BCUT2D eigenvalue weighted by atomic mass is 9.99. The second-order valence-corrected chi connectivity index (χ2v) is 5.32. The first-order valence-electron chi connectivity index (χ1n) is 5.14. The van der Waals surface area contributed by atoms with Crippen molar-refractivity contribution in [2.24, 2.45) is 0 Å². The average Bonchev–Trinajstić information content (AvgIpc) is 2.34. The lowest BCUT2D eigenvalue weighted by molar-refractivity contribution is 0.152. The average molecular weight is 342 g/mol. The predicted molar refractivity (Wildman–Crippen MR) is 76.9 cm³/mol. The Labute approximate surface area is 128 Å². The molecule has 0 aliphatic rings. The van der Waals surface area contributed by atoms with Gasteiger partial charge in [0.1, 0.15) is 0 Å². The molecule has 0 radical (unpaired) electrons. The molecule has 0 aromatic heterocycles. The van der Waals surface area contributed by atoms with Crippen LogP contribution in [0.1, 0.15) is 12.0 Å². The number of alkyl halides is 2. The molecule has 0 saturated heterocycles. The fourth-order valence-electron chi connectivity index (χ4n) is 1.75. The SMILES string of the molecule is FC(F)c1c(Cl)cccc1-c1c(Cl)ccc(Cl)c1Cl. The number of hydrogen-bond acceptors (Lipinski definition) is 0. The van der Waals surface area contributed by atoms with Gasteiger partial charge in [-0.05, 0) is 23.8 Å². The number of hydrogen-bond donors (Lipinski definition) is 0. The lowest BCUT2D eigenvalue weighted by Crippen LogP contribution is -1.93. The summed E-state index contributed by atoms with van der Waals surface area (Å²) < 4.78 is 26.3. The molecule has 0 spiro atoms. The molecule has 19 heavy (non-hydrogen) atoms. The van der Waals surface area contributed by atoms with Crippen LogP contribution in [0.15, 0.2) is 30.3 Å². The molecule has 0 unspecified atom stereocenters. The van der Waals surface area contributed by atoms with E-state index in [2.05, 4.69) is 0 Å². The maximum Gasteiger partial charge on any atom is 0.265 e. The highest BCUT2D eigenvalue weighted by Crippen LogP contribution is 2.44. The van der Waals surface area contributed by atoms with Gasteiger partial charge in [0.05, 0.1) is 20.1 Å². The van der Waals surface area contributed by atoms with E-state index in [1.807, 2.05) is 0 Å². The van der Waals surface area contributed by atoms with Crippen LogP contribution in [0, 0.1) is 0 Å². The van der Waals surface area contributed by atoms with Crippen molar-refractivity contribution in [1.29, 1.82) is 0 Å². The van der Waals surface area contributed by atoms with E-state index in [0.717, 1.165) is 0 Å². The van der Waals surface area contributed by atoms with Crippen molar-refractivity contribution in [2.75, 3.05) is 0 Å². The summed E-state index contributed by atoms with van der Waals surface area (Å²) in [5.74, 6) is 0. The van der Waals surface area contributed by atoms with Gasteiger partial charge in [0, 0.05) is 11.1 Å². The van der Waals surface area contributed by atoms with Crippen LogP contribution < -0.4 is 0 Å². The van der Waals surface area contributed by atoms with E-state index in [9.17, 15) is 8.78 Å². The molecule has 0 bridgehead atoms. The van der Waals surface area contributed by atoms with Crippen LogP contribution in [-0.2, 0) is 0 Å². The van der Waals surface area contributed by atoms with Crippen molar-refractivity contribution >= 4 is 46.4 Å². The zero-order chi connectivity index (χ0) is 14.2. The fraction of sp³-hybridized carbons (Fsp3) is 0.0769. The van der Waals surface area contributed by atoms with Crippen molar-refractivity contribution < 1.29 is 8.78 Å². The topological polar surface area (TPSA) is 0 Å². The molecule has 6 heteroatoms. The van der Waals surface area contributed by atoms with Gasteiger partial charge in [-0.2, -0.15) is 0 Å². The third-order valence-electron chi connectivity index (χ3n) is 2.58. The van der Waals surface area contributed by atoms with E-state index in [0.29, 0.717) is 0 Å². The molecular formula is C13H6Cl4F2. The Hall–Kier alpha value is -0.540. The maximum atomic E-state index is 13.1. The molecule has 100 valence electrons. The monoisotopic (exact) mass is 340 g/mol. The third kappa shape index (κ3) is 2.82. The first-order valence-corrected chi connectivity index (χ1v) is 6.65.